The van der Waals surface area contributed by atoms with Gasteiger partial charge in [-0.05, 0) is 50.0 Å². The molecule has 0 fully saturated rings. The fourth-order valence-corrected chi connectivity index (χ4v) is 3.00. The van der Waals surface area contributed by atoms with Gasteiger partial charge in [0.1, 0.15) is 0 Å². The molecule has 0 N–H and O–H groups in total. The van der Waals surface area contributed by atoms with Crippen LogP contribution >= 0.6 is 0 Å². The van der Waals surface area contributed by atoms with Crippen molar-refractivity contribution in [2.24, 2.45) is 0 Å². The zero-order valence-corrected chi connectivity index (χ0v) is 11.4. The first-order valence-corrected chi connectivity index (χ1v) is 6.54. The molecule has 0 atom stereocenters. The van der Waals surface area contributed by atoms with E-state index in [0.717, 1.165) is 18.5 Å². The first-order valence-electron chi connectivity index (χ1n) is 6.54. The molecule has 18 heavy (non-hydrogen) atoms. The van der Waals surface area contributed by atoms with E-state index in [-0.39, 0.29) is 0 Å². The Balaban J connectivity index is 2.23. The highest BCUT2D eigenvalue weighted by Gasteiger charge is 2.26. The lowest BCUT2D eigenvalue weighted by Gasteiger charge is -2.38. The van der Waals surface area contributed by atoms with Crippen LogP contribution in [0.3, 0.4) is 0 Å². The van der Waals surface area contributed by atoms with Crippen molar-refractivity contribution in [3.05, 3.63) is 64.4 Å². The minimum absolute atomic E-state index is 1.08. The molecular formula is C17H19N. The largest absolute Gasteiger partial charge is 0.344 e. The molecule has 0 spiro atoms. The van der Waals surface area contributed by atoms with Crippen molar-refractivity contribution in [1.82, 2.24) is 4.90 Å². The molecule has 1 nitrogen and oxygen atoms in total. The molecule has 92 valence electrons. The second kappa shape index (κ2) is 3.88. The molecule has 0 bridgehead atoms. The maximum absolute atomic E-state index is 4.17. The Hall–Kier alpha value is -1.76. The van der Waals surface area contributed by atoms with Crippen LogP contribution in [0.1, 0.15) is 30.5 Å². The summed E-state index contributed by atoms with van der Waals surface area (Å²) in [4.78, 5) is 2.43. The van der Waals surface area contributed by atoms with Gasteiger partial charge in [0.2, 0.25) is 0 Å². The van der Waals surface area contributed by atoms with E-state index in [0.29, 0.717) is 0 Å². The summed E-state index contributed by atoms with van der Waals surface area (Å²) in [5.41, 5.74) is 9.34. The van der Waals surface area contributed by atoms with E-state index in [1.807, 2.05) is 0 Å². The van der Waals surface area contributed by atoms with Crippen LogP contribution in [0.2, 0.25) is 0 Å². The highest BCUT2D eigenvalue weighted by Crippen LogP contribution is 2.39. The molecule has 0 amide bonds. The predicted molar refractivity (Wildman–Crippen MR) is 77.1 cm³/mol. The first kappa shape index (κ1) is 11.3. The SMILES string of the molecule is C=C1C=C(C)N2CCc3cc(C)ccc3C2=C1C. The van der Waals surface area contributed by atoms with Crippen LogP contribution in [-0.2, 0) is 6.42 Å². The van der Waals surface area contributed by atoms with Crippen LogP contribution in [0.5, 0.6) is 0 Å². The lowest BCUT2D eigenvalue weighted by Crippen LogP contribution is -2.31. The zero-order chi connectivity index (χ0) is 12.9. The van der Waals surface area contributed by atoms with E-state index in [1.165, 1.54) is 33.7 Å². The number of aryl methyl sites for hydroxylation is 1. The maximum Gasteiger partial charge on any atom is 0.0520 e. The van der Waals surface area contributed by atoms with Gasteiger partial charge in [0.15, 0.2) is 0 Å². The Morgan fingerprint density at radius 1 is 1.17 bits per heavy atom. The Bertz CT molecular complexity index is 602. The average Bonchev–Trinajstić information content (AvgIpc) is 2.34. The summed E-state index contributed by atoms with van der Waals surface area (Å²) in [6.07, 6.45) is 3.32. The molecule has 2 aliphatic rings. The number of rotatable bonds is 0. The minimum Gasteiger partial charge on any atom is -0.344 e. The molecule has 1 aromatic rings. The van der Waals surface area contributed by atoms with E-state index >= 15 is 0 Å². The van der Waals surface area contributed by atoms with Gasteiger partial charge in [-0.15, -0.1) is 0 Å². The van der Waals surface area contributed by atoms with Crippen LogP contribution in [0.15, 0.2) is 47.7 Å². The van der Waals surface area contributed by atoms with E-state index < -0.39 is 0 Å². The van der Waals surface area contributed by atoms with E-state index in [9.17, 15) is 0 Å². The Kier molecular flexibility index (Phi) is 2.44. The Morgan fingerprint density at radius 3 is 2.72 bits per heavy atom. The fourth-order valence-electron chi connectivity index (χ4n) is 3.00. The van der Waals surface area contributed by atoms with Gasteiger partial charge in [0.25, 0.3) is 0 Å². The van der Waals surface area contributed by atoms with Crippen LogP contribution in [-0.4, -0.2) is 11.4 Å². The number of allylic oxidation sites excluding steroid dienone is 4. The summed E-state index contributed by atoms with van der Waals surface area (Å²) in [5.74, 6) is 0. The molecule has 0 aliphatic carbocycles. The van der Waals surface area contributed by atoms with Gasteiger partial charge in [0.05, 0.1) is 5.70 Å². The predicted octanol–water partition coefficient (Wildman–Crippen LogP) is 4.06. The molecular weight excluding hydrogens is 218 g/mol. The Morgan fingerprint density at radius 2 is 1.94 bits per heavy atom. The summed E-state index contributed by atoms with van der Waals surface area (Å²) in [6, 6.07) is 6.80. The third-order valence-electron chi connectivity index (χ3n) is 4.04. The molecule has 0 radical (unpaired) electrons. The Labute approximate surface area is 109 Å². The van der Waals surface area contributed by atoms with Crippen LogP contribution in [0.4, 0.5) is 0 Å². The molecule has 0 aromatic heterocycles. The molecule has 0 saturated heterocycles. The van der Waals surface area contributed by atoms with Crippen molar-refractivity contribution in [2.45, 2.75) is 27.2 Å². The van der Waals surface area contributed by atoms with Gasteiger partial charge in [-0.25, -0.2) is 0 Å². The summed E-state index contributed by atoms with van der Waals surface area (Å²) in [6.45, 7) is 11.8. The zero-order valence-electron chi connectivity index (χ0n) is 11.4. The standard InChI is InChI=1S/C17H19N/c1-11-5-6-16-15(9-11)7-8-18-13(3)10-12(2)14(4)17(16)18/h5-6,9-10H,2,7-8H2,1,3-4H3. The lowest BCUT2D eigenvalue weighted by molar-refractivity contribution is 0.470. The third kappa shape index (κ3) is 1.54. The van der Waals surface area contributed by atoms with E-state index in [4.69, 9.17) is 0 Å². The number of hydrogen-bond donors (Lipinski definition) is 0. The smallest absolute Gasteiger partial charge is 0.0520 e. The quantitative estimate of drug-likeness (QED) is 0.657. The van der Waals surface area contributed by atoms with Crippen molar-refractivity contribution >= 4 is 5.70 Å². The van der Waals surface area contributed by atoms with Gasteiger partial charge in [-0.3, -0.25) is 0 Å². The van der Waals surface area contributed by atoms with Gasteiger partial charge in [-0.2, -0.15) is 0 Å². The van der Waals surface area contributed by atoms with Gasteiger partial charge >= 0.3 is 0 Å². The molecule has 1 heteroatoms. The topological polar surface area (TPSA) is 3.24 Å². The number of hydrogen-bond acceptors (Lipinski definition) is 1. The molecule has 0 saturated carbocycles. The van der Waals surface area contributed by atoms with Crippen LogP contribution in [0.25, 0.3) is 5.70 Å². The normalized spacial score (nSPS) is 18.5. The summed E-state index contributed by atoms with van der Waals surface area (Å²) in [5, 5.41) is 0. The number of fused-ring (bicyclic) bond motifs is 3. The highest BCUT2D eigenvalue weighted by molar-refractivity contribution is 5.78. The monoisotopic (exact) mass is 237 g/mol. The number of benzene rings is 1. The van der Waals surface area contributed by atoms with Gasteiger partial charge in [0, 0.05) is 17.8 Å². The molecule has 2 heterocycles. The van der Waals surface area contributed by atoms with Crippen molar-refractivity contribution in [1.29, 1.82) is 0 Å². The number of nitrogens with zero attached hydrogens (tertiary/aromatic N) is 1. The fraction of sp³-hybridized carbons (Fsp3) is 0.294. The summed E-state index contributed by atoms with van der Waals surface area (Å²) in [7, 11) is 0. The summed E-state index contributed by atoms with van der Waals surface area (Å²) >= 11 is 0. The van der Waals surface area contributed by atoms with E-state index in [1.54, 1.807) is 0 Å². The second-order valence-corrected chi connectivity index (χ2v) is 5.35. The van der Waals surface area contributed by atoms with Crippen LogP contribution < -0.4 is 0 Å². The molecule has 0 unspecified atom stereocenters. The molecule has 2 aliphatic heterocycles. The van der Waals surface area contributed by atoms with Crippen molar-refractivity contribution in [3.63, 3.8) is 0 Å². The highest BCUT2D eigenvalue weighted by atomic mass is 15.2. The summed E-state index contributed by atoms with van der Waals surface area (Å²) < 4.78 is 0. The van der Waals surface area contributed by atoms with Crippen molar-refractivity contribution < 1.29 is 0 Å². The minimum atomic E-state index is 1.08. The maximum atomic E-state index is 4.17. The molecule has 3 rings (SSSR count). The third-order valence-corrected chi connectivity index (χ3v) is 4.04. The van der Waals surface area contributed by atoms with Gasteiger partial charge in [-0.1, -0.05) is 30.3 Å². The van der Waals surface area contributed by atoms with E-state index in [2.05, 4.69) is 56.5 Å². The molecule has 1 aromatic carbocycles. The lowest BCUT2D eigenvalue weighted by atomic mass is 9.88. The second-order valence-electron chi connectivity index (χ2n) is 5.35. The van der Waals surface area contributed by atoms with Gasteiger partial charge < -0.3 is 4.90 Å². The van der Waals surface area contributed by atoms with Crippen LogP contribution in [0, 0.1) is 6.92 Å². The first-order chi connectivity index (χ1) is 8.58. The average molecular weight is 237 g/mol. The van der Waals surface area contributed by atoms with Crippen molar-refractivity contribution in [2.75, 3.05) is 6.54 Å². The van der Waals surface area contributed by atoms with Crippen molar-refractivity contribution in [3.8, 4) is 0 Å².